The Morgan fingerprint density at radius 1 is 1.26 bits per heavy atom. The molecule has 0 saturated carbocycles. The third-order valence-electron chi connectivity index (χ3n) is 5.10. The first-order valence-electron chi connectivity index (χ1n) is 9.04. The van der Waals surface area contributed by atoms with Gasteiger partial charge in [-0.3, -0.25) is 9.89 Å². The van der Waals surface area contributed by atoms with Crippen molar-refractivity contribution in [1.29, 1.82) is 0 Å². The van der Waals surface area contributed by atoms with Crippen molar-refractivity contribution < 1.29 is 14.3 Å². The number of carbonyl (C=O) groups excluding carboxylic acids is 1. The van der Waals surface area contributed by atoms with Crippen LogP contribution in [0, 0.1) is 0 Å². The van der Waals surface area contributed by atoms with Gasteiger partial charge in [0, 0.05) is 47.6 Å². The van der Waals surface area contributed by atoms with Gasteiger partial charge in [0.1, 0.15) is 0 Å². The number of H-pyrrole nitrogens is 1. The van der Waals surface area contributed by atoms with Crippen LogP contribution in [0.25, 0.3) is 11.3 Å². The Hall–Kier alpha value is -2.80. The number of rotatable bonds is 4. The molecule has 2 aliphatic rings. The number of aryl methyl sites for hydroxylation is 1. The van der Waals surface area contributed by atoms with Gasteiger partial charge in [0.25, 0.3) is 0 Å². The second-order valence-corrected chi connectivity index (χ2v) is 7.77. The number of thiophene rings is 1. The largest absolute Gasteiger partial charge is 0.454 e. The number of amides is 1. The standard InChI is InChI=1S/C20H19N3O3S/c24-19(6-4-14-2-1-9-27-14)23-8-7-16-15(11-23)20(22-21-16)13-3-5-17-18(10-13)26-12-25-17/h1-3,5,9-10H,4,6-8,11-12H2,(H,21,22). The zero-order valence-corrected chi connectivity index (χ0v) is 15.6. The molecule has 27 heavy (non-hydrogen) atoms. The topological polar surface area (TPSA) is 67.5 Å². The third kappa shape index (κ3) is 3.08. The molecule has 1 amide bonds. The van der Waals surface area contributed by atoms with Crippen molar-refractivity contribution >= 4 is 17.2 Å². The summed E-state index contributed by atoms with van der Waals surface area (Å²) in [6.45, 7) is 1.59. The van der Waals surface area contributed by atoms with Gasteiger partial charge >= 0.3 is 0 Å². The van der Waals surface area contributed by atoms with Crippen molar-refractivity contribution in [3.63, 3.8) is 0 Å². The molecule has 2 aromatic heterocycles. The van der Waals surface area contributed by atoms with Gasteiger partial charge in [-0.2, -0.15) is 5.10 Å². The van der Waals surface area contributed by atoms with Crippen LogP contribution in [0.2, 0.25) is 0 Å². The first kappa shape index (κ1) is 16.4. The van der Waals surface area contributed by atoms with Crippen molar-refractivity contribution in [2.45, 2.75) is 25.8 Å². The van der Waals surface area contributed by atoms with Gasteiger partial charge in [-0.05, 0) is 36.1 Å². The lowest BCUT2D eigenvalue weighted by Crippen LogP contribution is -2.36. The van der Waals surface area contributed by atoms with Crippen molar-refractivity contribution in [3.8, 4) is 22.8 Å². The number of ether oxygens (including phenoxy) is 2. The van der Waals surface area contributed by atoms with E-state index in [1.54, 1.807) is 11.3 Å². The molecule has 0 spiro atoms. The van der Waals surface area contributed by atoms with Crippen LogP contribution in [0.1, 0.15) is 22.6 Å². The summed E-state index contributed by atoms with van der Waals surface area (Å²) in [5.74, 6) is 1.70. The Bertz CT molecular complexity index is 981. The fourth-order valence-corrected chi connectivity index (χ4v) is 4.34. The molecule has 0 bridgehead atoms. The first-order chi connectivity index (χ1) is 13.3. The van der Waals surface area contributed by atoms with Gasteiger partial charge < -0.3 is 14.4 Å². The minimum atomic E-state index is 0.201. The average molecular weight is 381 g/mol. The van der Waals surface area contributed by atoms with Gasteiger partial charge in [-0.25, -0.2) is 0 Å². The number of benzene rings is 1. The van der Waals surface area contributed by atoms with Crippen LogP contribution >= 0.6 is 11.3 Å². The lowest BCUT2D eigenvalue weighted by atomic mass is 10.0. The molecule has 0 radical (unpaired) electrons. The molecule has 138 valence electrons. The average Bonchev–Trinajstić information content (AvgIpc) is 3.45. The highest BCUT2D eigenvalue weighted by atomic mass is 32.1. The summed E-state index contributed by atoms with van der Waals surface area (Å²) < 4.78 is 10.9. The summed E-state index contributed by atoms with van der Waals surface area (Å²) in [5.41, 5.74) is 4.08. The molecule has 0 saturated heterocycles. The monoisotopic (exact) mass is 381 g/mol. The summed E-state index contributed by atoms with van der Waals surface area (Å²) >= 11 is 1.70. The predicted molar refractivity (Wildman–Crippen MR) is 102 cm³/mol. The van der Waals surface area contributed by atoms with Crippen LogP contribution in [0.15, 0.2) is 35.7 Å². The quantitative estimate of drug-likeness (QED) is 0.752. The van der Waals surface area contributed by atoms with E-state index in [2.05, 4.69) is 21.6 Å². The molecule has 5 rings (SSSR count). The number of fused-ring (bicyclic) bond motifs is 2. The van der Waals surface area contributed by atoms with E-state index in [1.807, 2.05) is 29.2 Å². The molecule has 1 aromatic carbocycles. The minimum Gasteiger partial charge on any atom is -0.454 e. The van der Waals surface area contributed by atoms with Gasteiger partial charge in [-0.1, -0.05) is 6.07 Å². The number of nitrogens with one attached hydrogen (secondary N) is 1. The molecule has 0 aliphatic carbocycles. The normalized spacial score (nSPS) is 15.0. The highest BCUT2D eigenvalue weighted by Gasteiger charge is 2.26. The van der Waals surface area contributed by atoms with Crippen LogP contribution < -0.4 is 9.47 Å². The molecule has 6 nitrogen and oxygen atoms in total. The van der Waals surface area contributed by atoms with Gasteiger partial charge in [0.05, 0.1) is 5.69 Å². The molecule has 0 atom stereocenters. The van der Waals surface area contributed by atoms with Gasteiger partial charge in [-0.15, -0.1) is 11.3 Å². The molecule has 2 aliphatic heterocycles. The van der Waals surface area contributed by atoms with Crippen LogP contribution in [-0.4, -0.2) is 34.3 Å². The van der Waals surface area contributed by atoms with Gasteiger partial charge in [0.2, 0.25) is 12.7 Å². The molecule has 1 N–H and O–H groups in total. The van der Waals surface area contributed by atoms with E-state index in [0.29, 0.717) is 13.0 Å². The van der Waals surface area contributed by atoms with E-state index in [1.165, 1.54) is 4.88 Å². The number of hydrogen-bond donors (Lipinski definition) is 1. The van der Waals surface area contributed by atoms with Crippen LogP contribution in [0.3, 0.4) is 0 Å². The van der Waals surface area contributed by atoms with E-state index in [9.17, 15) is 4.79 Å². The fraction of sp³-hybridized carbons (Fsp3) is 0.300. The molecule has 3 aromatic rings. The second kappa shape index (κ2) is 6.74. The van der Waals surface area contributed by atoms with Crippen molar-refractivity contribution in [2.75, 3.05) is 13.3 Å². The Labute approximate surface area is 160 Å². The van der Waals surface area contributed by atoms with Crippen molar-refractivity contribution in [1.82, 2.24) is 15.1 Å². The van der Waals surface area contributed by atoms with E-state index in [0.717, 1.165) is 53.4 Å². The second-order valence-electron chi connectivity index (χ2n) is 6.74. The van der Waals surface area contributed by atoms with Crippen molar-refractivity contribution in [2.24, 2.45) is 0 Å². The molecule has 0 fully saturated rings. The summed E-state index contributed by atoms with van der Waals surface area (Å²) in [6, 6.07) is 9.96. The van der Waals surface area contributed by atoms with Crippen molar-refractivity contribution in [3.05, 3.63) is 51.8 Å². The number of aromatic amines is 1. The van der Waals surface area contributed by atoms with E-state index >= 15 is 0 Å². The Kier molecular flexibility index (Phi) is 4.09. The van der Waals surface area contributed by atoms with Crippen LogP contribution in [0.5, 0.6) is 11.5 Å². The first-order valence-corrected chi connectivity index (χ1v) is 9.92. The Balaban J connectivity index is 1.34. The molecular weight excluding hydrogens is 362 g/mol. The molecule has 7 heteroatoms. The number of carbonyl (C=O) groups is 1. The molecular formula is C20H19N3O3S. The zero-order chi connectivity index (χ0) is 18.2. The summed E-state index contributed by atoms with van der Waals surface area (Å²) in [4.78, 5) is 15.9. The smallest absolute Gasteiger partial charge is 0.231 e. The molecule has 4 heterocycles. The summed E-state index contributed by atoms with van der Waals surface area (Å²) in [5, 5.41) is 9.72. The Morgan fingerprint density at radius 2 is 2.19 bits per heavy atom. The lowest BCUT2D eigenvalue weighted by molar-refractivity contribution is -0.132. The maximum atomic E-state index is 12.7. The molecule has 0 unspecified atom stereocenters. The fourth-order valence-electron chi connectivity index (χ4n) is 3.63. The summed E-state index contributed by atoms with van der Waals surface area (Å²) in [7, 11) is 0. The predicted octanol–water partition coefficient (Wildman–Crippen LogP) is 3.38. The van der Waals surface area contributed by atoms with E-state index < -0.39 is 0 Å². The SMILES string of the molecule is O=C(CCc1cccs1)N1CCc2[nH]nc(-c3ccc4c(c3)OCO4)c2C1. The maximum Gasteiger partial charge on any atom is 0.231 e. The number of nitrogens with zero attached hydrogens (tertiary/aromatic N) is 2. The highest BCUT2D eigenvalue weighted by molar-refractivity contribution is 7.09. The zero-order valence-electron chi connectivity index (χ0n) is 14.7. The number of hydrogen-bond acceptors (Lipinski definition) is 5. The van der Waals surface area contributed by atoms with Crippen LogP contribution in [-0.2, 0) is 24.2 Å². The maximum absolute atomic E-state index is 12.7. The van der Waals surface area contributed by atoms with Crippen LogP contribution in [0.4, 0.5) is 0 Å². The summed E-state index contributed by atoms with van der Waals surface area (Å²) in [6.07, 6.45) is 2.16. The lowest BCUT2D eigenvalue weighted by Gasteiger charge is -2.27. The van der Waals surface area contributed by atoms with E-state index in [4.69, 9.17) is 9.47 Å². The number of aromatic nitrogens is 2. The highest BCUT2D eigenvalue weighted by Crippen LogP contribution is 2.37. The van der Waals surface area contributed by atoms with E-state index in [-0.39, 0.29) is 12.7 Å². The Morgan fingerprint density at radius 3 is 3.07 bits per heavy atom. The minimum absolute atomic E-state index is 0.201. The van der Waals surface area contributed by atoms with Gasteiger partial charge in [0.15, 0.2) is 11.5 Å². The third-order valence-corrected chi connectivity index (χ3v) is 6.03.